The molecule has 3 aromatic rings. The summed E-state index contributed by atoms with van der Waals surface area (Å²) in [7, 11) is 4.49. The summed E-state index contributed by atoms with van der Waals surface area (Å²) in [5.41, 5.74) is 3.18. The molecule has 2 heterocycles. The van der Waals surface area contributed by atoms with Gasteiger partial charge in [-0.05, 0) is 41.8 Å². The zero-order chi connectivity index (χ0) is 22.7. The maximum atomic E-state index is 13.5. The zero-order valence-electron chi connectivity index (χ0n) is 18.3. The number of nitrogens with zero attached hydrogens (tertiary/aromatic N) is 3. The lowest BCUT2D eigenvalue weighted by Gasteiger charge is -2.37. The average molecular weight is 435 g/mol. The molecule has 8 heteroatoms. The van der Waals surface area contributed by atoms with Gasteiger partial charge in [0.05, 0.1) is 51.2 Å². The van der Waals surface area contributed by atoms with Gasteiger partial charge in [-0.3, -0.25) is 9.59 Å². The van der Waals surface area contributed by atoms with Crippen LogP contribution in [0.5, 0.6) is 11.5 Å². The summed E-state index contributed by atoms with van der Waals surface area (Å²) in [5.74, 6) is 0.580. The van der Waals surface area contributed by atoms with Gasteiger partial charge in [0.2, 0.25) is 0 Å². The molecule has 0 fully saturated rings. The summed E-state index contributed by atoms with van der Waals surface area (Å²) in [6.07, 6.45) is 3.93. The van der Waals surface area contributed by atoms with E-state index in [1.54, 1.807) is 36.2 Å². The van der Waals surface area contributed by atoms with Crippen LogP contribution in [0.1, 0.15) is 33.9 Å². The average Bonchev–Trinajstić information content (AvgIpc) is 3.33. The van der Waals surface area contributed by atoms with Crippen molar-refractivity contribution in [1.29, 1.82) is 0 Å². The van der Waals surface area contributed by atoms with Crippen LogP contribution in [0.25, 0.3) is 5.69 Å². The highest BCUT2D eigenvalue weighted by Crippen LogP contribution is 2.40. The second-order valence-corrected chi connectivity index (χ2v) is 7.46. The van der Waals surface area contributed by atoms with E-state index in [0.29, 0.717) is 30.0 Å². The standard InChI is InChI=1S/C24H25N3O5/c1-30-21-11-16-9-10-26(20(13-23(28)32-3)19(16)12-22(21)31-2)24(29)17-14-25-27(15-17)18-7-5-4-6-8-18/h4-8,11-12,14-15,20H,9-10,13H2,1-3H3. The first-order valence-electron chi connectivity index (χ1n) is 10.3. The van der Waals surface area contributed by atoms with Crippen molar-refractivity contribution in [2.45, 2.75) is 18.9 Å². The molecule has 0 spiro atoms. The van der Waals surface area contributed by atoms with Crippen LogP contribution in [0, 0.1) is 0 Å². The number of rotatable bonds is 6. The normalized spacial score (nSPS) is 15.1. The number of fused-ring (bicyclic) bond motifs is 1. The molecule has 1 aliphatic rings. The van der Waals surface area contributed by atoms with Gasteiger partial charge in [-0.25, -0.2) is 4.68 Å². The zero-order valence-corrected chi connectivity index (χ0v) is 18.3. The predicted octanol–water partition coefficient (Wildman–Crippen LogP) is 3.19. The van der Waals surface area contributed by atoms with Crippen LogP contribution in [-0.2, 0) is 16.0 Å². The van der Waals surface area contributed by atoms with Crippen LogP contribution in [0.15, 0.2) is 54.9 Å². The fourth-order valence-electron chi connectivity index (χ4n) is 4.05. The van der Waals surface area contributed by atoms with Gasteiger partial charge in [-0.2, -0.15) is 5.10 Å². The summed E-state index contributed by atoms with van der Waals surface area (Å²) in [5, 5.41) is 4.34. The van der Waals surface area contributed by atoms with Gasteiger partial charge < -0.3 is 19.1 Å². The summed E-state index contributed by atoms with van der Waals surface area (Å²) >= 11 is 0. The minimum atomic E-state index is -0.487. The Morgan fingerprint density at radius 1 is 1.06 bits per heavy atom. The number of para-hydroxylation sites is 1. The molecule has 1 unspecified atom stereocenters. The Bertz CT molecular complexity index is 1130. The van der Waals surface area contributed by atoms with Crippen LogP contribution < -0.4 is 9.47 Å². The van der Waals surface area contributed by atoms with Gasteiger partial charge in [0.15, 0.2) is 11.5 Å². The van der Waals surface area contributed by atoms with Gasteiger partial charge in [0.25, 0.3) is 5.91 Å². The van der Waals surface area contributed by atoms with Crippen LogP contribution in [-0.4, -0.2) is 54.4 Å². The Kier molecular flexibility index (Phi) is 6.11. The van der Waals surface area contributed by atoms with Crippen LogP contribution in [0.4, 0.5) is 0 Å². The molecule has 2 aromatic carbocycles. The Balaban J connectivity index is 1.69. The Morgan fingerprint density at radius 2 is 1.78 bits per heavy atom. The van der Waals surface area contributed by atoms with E-state index in [0.717, 1.165) is 16.8 Å². The van der Waals surface area contributed by atoms with Crippen molar-refractivity contribution in [3.05, 3.63) is 71.5 Å². The van der Waals surface area contributed by atoms with Gasteiger partial charge in [0, 0.05) is 12.7 Å². The fourth-order valence-corrected chi connectivity index (χ4v) is 4.05. The smallest absolute Gasteiger partial charge is 0.307 e. The topological polar surface area (TPSA) is 82.9 Å². The van der Waals surface area contributed by atoms with Crippen LogP contribution >= 0.6 is 0 Å². The molecule has 0 N–H and O–H groups in total. The first-order valence-corrected chi connectivity index (χ1v) is 10.3. The van der Waals surface area contributed by atoms with Crippen molar-refractivity contribution < 1.29 is 23.8 Å². The van der Waals surface area contributed by atoms with E-state index in [1.807, 2.05) is 42.5 Å². The van der Waals surface area contributed by atoms with Gasteiger partial charge in [-0.1, -0.05) is 18.2 Å². The number of hydrogen-bond acceptors (Lipinski definition) is 6. The maximum Gasteiger partial charge on any atom is 0.307 e. The monoisotopic (exact) mass is 435 g/mol. The molecule has 0 radical (unpaired) electrons. The Morgan fingerprint density at radius 3 is 2.47 bits per heavy atom. The van der Waals surface area contributed by atoms with Crippen molar-refractivity contribution in [3.63, 3.8) is 0 Å². The van der Waals surface area contributed by atoms with E-state index in [4.69, 9.17) is 14.2 Å². The maximum absolute atomic E-state index is 13.5. The largest absolute Gasteiger partial charge is 0.493 e. The minimum absolute atomic E-state index is 0.0392. The van der Waals surface area contributed by atoms with E-state index in [-0.39, 0.29) is 12.3 Å². The molecule has 8 nitrogen and oxygen atoms in total. The van der Waals surface area contributed by atoms with Crippen molar-refractivity contribution in [1.82, 2.24) is 14.7 Å². The fraction of sp³-hybridized carbons (Fsp3) is 0.292. The summed E-state index contributed by atoms with van der Waals surface area (Å²) < 4.78 is 17.5. The second kappa shape index (κ2) is 9.13. The number of aromatic nitrogens is 2. The van der Waals surface area contributed by atoms with Crippen molar-refractivity contribution in [2.24, 2.45) is 0 Å². The lowest BCUT2D eigenvalue weighted by atomic mass is 9.89. The van der Waals surface area contributed by atoms with Gasteiger partial charge in [0.1, 0.15) is 0 Å². The van der Waals surface area contributed by atoms with E-state index < -0.39 is 12.0 Å². The number of methoxy groups -OCH3 is 3. The second-order valence-electron chi connectivity index (χ2n) is 7.46. The highest BCUT2D eigenvalue weighted by Gasteiger charge is 2.35. The number of hydrogen-bond donors (Lipinski definition) is 0. The van der Waals surface area contributed by atoms with Gasteiger partial charge >= 0.3 is 5.97 Å². The third kappa shape index (κ3) is 4.03. The molecule has 1 aromatic heterocycles. The van der Waals surface area contributed by atoms with Crippen LogP contribution in [0.3, 0.4) is 0 Å². The summed E-state index contributed by atoms with van der Waals surface area (Å²) in [4.78, 5) is 27.4. The highest BCUT2D eigenvalue weighted by molar-refractivity contribution is 5.94. The predicted molar refractivity (Wildman–Crippen MR) is 117 cm³/mol. The molecular weight excluding hydrogens is 410 g/mol. The quantitative estimate of drug-likeness (QED) is 0.553. The van der Waals surface area contributed by atoms with Crippen molar-refractivity contribution in [3.8, 4) is 17.2 Å². The first kappa shape index (κ1) is 21.4. The Labute approximate surface area is 186 Å². The molecule has 1 amide bonds. The van der Waals surface area contributed by atoms with Crippen LogP contribution in [0.2, 0.25) is 0 Å². The number of amides is 1. The van der Waals surface area contributed by atoms with Gasteiger partial charge in [-0.15, -0.1) is 0 Å². The van der Waals surface area contributed by atoms with E-state index >= 15 is 0 Å². The highest BCUT2D eigenvalue weighted by atomic mass is 16.5. The lowest BCUT2D eigenvalue weighted by molar-refractivity contribution is -0.141. The number of carbonyl (C=O) groups excluding carboxylic acids is 2. The molecule has 0 saturated heterocycles. The lowest BCUT2D eigenvalue weighted by Crippen LogP contribution is -2.41. The molecule has 1 atom stereocenters. The summed E-state index contributed by atoms with van der Waals surface area (Å²) in [6.45, 7) is 0.458. The molecule has 0 bridgehead atoms. The number of benzene rings is 2. The minimum Gasteiger partial charge on any atom is -0.493 e. The number of ether oxygens (including phenoxy) is 3. The van der Waals surface area contributed by atoms with E-state index in [9.17, 15) is 9.59 Å². The number of carbonyl (C=O) groups is 2. The van der Waals surface area contributed by atoms with Crippen molar-refractivity contribution in [2.75, 3.05) is 27.9 Å². The number of esters is 1. The van der Waals surface area contributed by atoms with E-state index in [1.165, 1.54) is 7.11 Å². The van der Waals surface area contributed by atoms with Crippen molar-refractivity contribution >= 4 is 11.9 Å². The molecule has 166 valence electrons. The molecule has 32 heavy (non-hydrogen) atoms. The third-order valence-corrected chi connectivity index (χ3v) is 5.70. The molecule has 1 aliphatic heterocycles. The first-order chi connectivity index (χ1) is 15.5. The molecular formula is C24H25N3O5. The Hall–Kier alpha value is -3.81. The molecule has 4 rings (SSSR count). The molecule has 0 saturated carbocycles. The summed E-state index contributed by atoms with van der Waals surface area (Å²) in [6, 6.07) is 12.8. The van der Waals surface area contributed by atoms with E-state index in [2.05, 4.69) is 5.10 Å². The third-order valence-electron chi connectivity index (χ3n) is 5.70. The SMILES string of the molecule is COC(=O)CC1c2cc(OC)c(OC)cc2CCN1C(=O)c1cnn(-c2ccccc2)c1. The molecule has 0 aliphatic carbocycles.